The van der Waals surface area contributed by atoms with E-state index in [1.165, 1.54) is 0 Å². The van der Waals surface area contributed by atoms with Gasteiger partial charge in [0.25, 0.3) is 0 Å². The average Bonchev–Trinajstić information content (AvgIpc) is 2.92. The van der Waals surface area contributed by atoms with Gasteiger partial charge in [0.2, 0.25) is 0 Å². The molecule has 114 valence electrons. The summed E-state index contributed by atoms with van der Waals surface area (Å²) in [5.41, 5.74) is 1.27. The highest BCUT2D eigenvalue weighted by Gasteiger charge is 2.22. The molecule has 4 nitrogen and oxygen atoms in total. The predicted octanol–water partition coefficient (Wildman–Crippen LogP) is 2.34. The summed E-state index contributed by atoms with van der Waals surface area (Å²) in [6, 6.07) is 10.1. The van der Waals surface area contributed by atoms with Crippen LogP contribution in [0.3, 0.4) is 0 Å². The normalized spacial score (nSPS) is 14.0. The van der Waals surface area contributed by atoms with Crippen LogP contribution in [0.1, 0.15) is 11.9 Å². The quantitative estimate of drug-likeness (QED) is 0.735. The number of aliphatic hydroxyl groups is 1. The average molecular weight is 306 g/mol. The lowest BCUT2D eigenvalue weighted by molar-refractivity contribution is 0.0581. The van der Waals surface area contributed by atoms with Gasteiger partial charge in [0.05, 0.1) is 22.9 Å². The Morgan fingerprint density at radius 1 is 1.33 bits per heavy atom. The summed E-state index contributed by atoms with van der Waals surface area (Å²) in [6.45, 7) is 3.73. The van der Waals surface area contributed by atoms with E-state index in [0.29, 0.717) is 19.6 Å². The predicted molar refractivity (Wildman–Crippen MR) is 86.6 cm³/mol. The number of thiazole rings is 1. The van der Waals surface area contributed by atoms with Gasteiger partial charge in [0.1, 0.15) is 0 Å². The van der Waals surface area contributed by atoms with Crippen molar-refractivity contribution in [2.75, 3.05) is 26.8 Å². The van der Waals surface area contributed by atoms with Crippen molar-refractivity contribution in [3.05, 3.63) is 40.7 Å². The molecule has 0 aliphatic rings. The Hall–Kier alpha value is -1.27. The van der Waals surface area contributed by atoms with Crippen LogP contribution in [0, 0.1) is 0 Å². The highest BCUT2D eigenvalue weighted by molar-refractivity contribution is 7.09. The van der Waals surface area contributed by atoms with E-state index in [9.17, 15) is 5.11 Å². The van der Waals surface area contributed by atoms with E-state index in [0.717, 1.165) is 22.8 Å². The molecule has 1 aromatic heterocycles. The van der Waals surface area contributed by atoms with Crippen molar-refractivity contribution in [3.8, 4) is 11.3 Å². The number of rotatable bonds is 8. The SMILES string of the molecule is COCCNCC(C)(O)Cc1nc(-c2ccccc2)cs1. The van der Waals surface area contributed by atoms with E-state index >= 15 is 0 Å². The van der Waals surface area contributed by atoms with Crippen LogP contribution in [0.25, 0.3) is 11.3 Å². The highest BCUT2D eigenvalue weighted by atomic mass is 32.1. The monoisotopic (exact) mass is 306 g/mol. The van der Waals surface area contributed by atoms with Crippen LogP contribution in [0.5, 0.6) is 0 Å². The molecule has 21 heavy (non-hydrogen) atoms. The number of methoxy groups -OCH3 is 1. The standard InChI is InChI=1S/C16H22N2O2S/c1-16(19,12-17-8-9-20-2)10-15-18-14(11-21-15)13-6-4-3-5-7-13/h3-7,11,17,19H,8-10,12H2,1-2H3. The maximum absolute atomic E-state index is 10.4. The van der Waals surface area contributed by atoms with Gasteiger partial charge in [-0.3, -0.25) is 0 Å². The second-order valence-electron chi connectivity index (χ2n) is 5.34. The fraction of sp³-hybridized carbons (Fsp3) is 0.438. The first-order valence-electron chi connectivity index (χ1n) is 7.02. The van der Waals surface area contributed by atoms with Gasteiger partial charge in [-0.2, -0.15) is 0 Å². The van der Waals surface area contributed by atoms with Crippen LogP contribution in [0.2, 0.25) is 0 Å². The molecule has 0 fully saturated rings. The molecule has 2 rings (SSSR count). The molecule has 0 radical (unpaired) electrons. The number of ether oxygens (including phenoxy) is 1. The lowest BCUT2D eigenvalue weighted by Crippen LogP contribution is -2.40. The summed E-state index contributed by atoms with van der Waals surface area (Å²) in [5.74, 6) is 0. The van der Waals surface area contributed by atoms with E-state index < -0.39 is 5.60 Å². The molecule has 1 aromatic carbocycles. The minimum absolute atomic E-state index is 0.524. The molecule has 2 aromatic rings. The summed E-state index contributed by atoms with van der Waals surface area (Å²) in [6.07, 6.45) is 0.546. The summed E-state index contributed by atoms with van der Waals surface area (Å²) in [4.78, 5) is 4.62. The molecule has 0 aliphatic heterocycles. The minimum atomic E-state index is -0.806. The molecule has 1 heterocycles. The van der Waals surface area contributed by atoms with Crippen LogP contribution in [-0.4, -0.2) is 42.5 Å². The Morgan fingerprint density at radius 2 is 2.10 bits per heavy atom. The first kappa shape index (κ1) is 16.1. The molecular weight excluding hydrogens is 284 g/mol. The second-order valence-corrected chi connectivity index (χ2v) is 6.28. The summed E-state index contributed by atoms with van der Waals surface area (Å²) in [5, 5.41) is 16.6. The molecule has 0 saturated carbocycles. The third-order valence-corrected chi connectivity index (χ3v) is 3.99. The highest BCUT2D eigenvalue weighted by Crippen LogP contribution is 2.24. The Bertz CT molecular complexity index is 540. The smallest absolute Gasteiger partial charge is 0.0961 e. The molecule has 0 amide bonds. The van der Waals surface area contributed by atoms with Gasteiger partial charge in [-0.25, -0.2) is 4.98 Å². The Morgan fingerprint density at radius 3 is 2.81 bits per heavy atom. The maximum Gasteiger partial charge on any atom is 0.0961 e. The lowest BCUT2D eigenvalue weighted by Gasteiger charge is -2.22. The zero-order chi connectivity index (χ0) is 15.1. The van der Waals surface area contributed by atoms with Crippen molar-refractivity contribution in [1.29, 1.82) is 0 Å². The zero-order valence-electron chi connectivity index (χ0n) is 12.5. The van der Waals surface area contributed by atoms with E-state index in [1.54, 1.807) is 18.4 Å². The summed E-state index contributed by atoms with van der Waals surface area (Å²) in [7, 11) is 1.67. The number of nitrogens with one attached hydrogen (secondary N) is 1. The Balaban J connectivity index is 1.92. The largest absolute Gasteiger partial charge is 0.388 e. The van der Waals surface area contributed by atoms with Crippen molar-refractivity contribution < 1.29 is 9.84 Å². The molecule has 0 saturated heterocycles. The third-order valence-electron chi connectivity index (χ3n) is 3.14. The zero-order valence-corrected chi connectivity index (χ0v) is 13.3. The fourth-order valence-corrected chi connectivity index (χ4v) is 3.04. The molecule has 1 atom stereocenters. The number of benzene rings is 1. The first-order chi connectivity index (χ1) is 10.1. The van der Waals surface area contributed by atoms with Gasteiger partial charge in [-0.15, -0.1) is 11.3 Å². The van der Waals surface area contributed by atoms with Gasteiger partial charge in [0, 0.05) is 37.6 Å². The maximum atomic E-state index is 10.4. The first-order valence-corrected chi connectivity index (χ1v) is 7.90. The van der Waals surface area contributed by atoms with Crippen molar-refractivity contribution in [3.63, 3.8) is 0 Å². The van der Waals surface area contributed by atoms with E-state index in [-0.39, 0.29) is 0 Å². The topological polar surface area (TPSA) is 54.4 Å². The molecule has 2 N–H and O–H groups in total. The molecule has 0 bridgehead atoms. The number of nitrogens with zero attached hydrogens (tertiary/aromatic N) is 1. The third kappa shape index (κ3) is 5.21. The van der Waals surface area contributed by atoms with Crippen LogP contribution in [-0.2, 0) is 11.2 Å². The number of aromatic nitrogens is 1. The van der Waals surface area contributed by atoms with Gasteiger partial charge >= 0.3 is 0 Å². The van der Waals surface area contributed by atoms with Gasteiger partial charge in [0.15, 0.2) is 0 Å². The Kier molecular flexibility index (Phi) is 5.87. The van der Waals surface area contributed by atoms with Crippen LogP contribution < -0.4 is 5.32 Å². The van der Waals surface area contributed by atoms with Crippen molar-refractivity contribution in [1.82, 2.24) is 10.3 Å². The van der Waals surface area contributed by atoms with Crippen LogP contribution >= 0.6 is 11.3 Å². The van der Waals surface area contributed by atoms with Crippen molar-refractivity contribution >= 4 is 11.3 Å². The van der Waals surface area contributed by atoms with Gasteiger partial charge < -0.3 is 15.2 Å². The molecule has 1 unspecified atom stereocenters. The van der Waals surface area contributed by atoms with E-state index in [2.05, 4.69) is 10.3 Å². The minimum Gasteiger partial charge on any atom is -0.388 e. The molecule has 0 spiro atoms. The van der Waals surface area contributed by atoms with Gasteiger partial charge in [-0.05, 0) is 6.92 Å². The Labute approximate surface area is 129 Å². The van der Waals surface area contributed by atoms with Crippen molar-refractivity contribution in [2.45, 2.75) is 18.9 Å². The van der Waals surface area contributed by atoms with Crippen molar-refractivity contribution in [2.24, 2.45) is 0 Å². The lowest BCUT2D eigenvalue weighted by atomic mass is 10.0. The van der Waals surface area contributed by atoms with Crippen LogP contribution in [0.4, 0.5) is 0 Å². The molecular formula is C16H22N2O2S. The number of hydrogen-bond donors (Lipinski definition) is 2. The van der Waals surface area contributed by atoms with Gasteiger partial charge in [-0.1, -0.05) is 30.3 Å². The van der Waals surface area contributed by atoms with Crippen LogP contribution in [0.15, 0.2) is 35.7 Å². The fourth-order valence-electron chi connectivity index (χ4n) is 2.05. The molecule has 0 aliphatic carbocycles. The summed E-state index contributed by atoms with van der Waals surface area (Å²) >= 11 is 1.59. The second kappa shape index (κ2) is 7.66. The van der Waals surface area contributed by atoms with E-state index in [1.807, 2.05) is 42.6 Å². The number of hydrogen-bond acceptors (Lipinski definition) is 5. The molecule has 5 heteroatoms. The van der Waals surface area contributed by atoms with E-state index in [4.69, 9.17) is 4.74 Å². The summed E-state index contributed by atoms with van der Waals surface area (Å²) < 4.78 is 4.97.